The normalized spacial score (nSPS) is 14.9. The van der Waals surface area contributed by atoms with Crippen molar-refractivity contribution >= 4 is 33.7 Å². The minimum atomic E-state index is -3.66. The summed E-state index contributed by atoms with van der Waals surface area (Å²) in [6.45, 7) is 2.10. The Balaban J connectivity index is 1.60. The lowest BCUT2D eigenvalue weighted by Gasteiger charge is -2.26. The number of nitrogens with one attached hydrogen (secondary N) is 1. The second-order valence-corrected chi connectivity index (χ2v) is 9.36. The molecule has 0 radical (unpaired) electrons. The van der Waals surface area contributed by atoms with Crippen molar-refractivity contribution in [2.24, 2.45) is 0 Å². The predicted molar refractivity (Wildman–Crippen MR) is 119 cm³/mol. The van der Waals surface area contributed by atoms with E-state index in [0.29, 0.717) is 18.7 Å². The summed E-state index contributed by atoms with van der Waals surface area (Å²) in [5.74, 6) is -1.91. The van der Waals surface area contributed by atoms with Crippen LogP contribution < -0.4 is 5.32 Å². The molecule has 32 heavy (non-hydrogen) atoms. The van der Waals surface area contributed by atoms with Gasteiger partial charge in [-0.3, -0.25) is 4.79 Å². The summed E-state index contributed by atoms with van der Waals surface area (Å²) >= 11 is 0. The van der Waals surface area contributed by atoms with Gasteiger partial charge in [0.25, 0.3) is 5.91 Å². The second kappa shape index (κ2) is 10.5. The molecule has 2 aromatic rings. The van der Waals surface area contributed by atoms with Crippen LogP contribution in [0.4, 0.5) is 10.1 Å². The van der Waals surface area contributed by atoms with Gasteiger partial charge in [-0.05, 0) is 49.6 Å². The summed E-state index contributed by atoms with van der Waals surface area (Å²) in [6, 6.07) is 10.5. The number of amides is 1. The molecule has 1 amide bonds. The van der Waals surface area contributed by atoms with Crippen molar-refractivity contribution in [2.45, 2.75) is 31.1 Å². The quantitative estimate of drug-likeness (QED) is 0.504. The molecule has 1 aliphatic heterocycles. The summed E-state index contributed by atoms with van der Waals surface area (Å²) in [5.41, 5.74) is 1.09. The van der Waals surface area contributed by atoms with Crippen LogP contribution in [0.5, 0.6) is 0 Å². The molecule has 1 fully saturated rings. The molecule has 0 bridgehead atoms. The Bertz CT molecular complexity index is 1120. The second-order valence-electron chi connectivity index (χ2n) is 7.46. The van der Waals surface area contributed by atoms with Crippen LogP contribution in [0.1, 0.15) is 30.4 Å². The maximum absolute atomic E-state index is 13.5. The van der Waals surface area contributed by atoms with Gasteiger partial charge >= 0.3 is 5.97 Å². The van der Waals surface area contributed by atoms with Crippen LogP contribution in [0.3, 0.4) is 0 Å². The molecule has 0 atom stereocenters. The van der Waals surface area contributed by atoms with Crippen LogP contribution in [0.2, 0.25) is 0 Å². The topological polar surface area (TPSA) is 92.8 Å². The molecule has 0 aliphatic carbocycles. The number of halogens is 1. The number of carbonyl (C=O) groups is 2. The average molecular weight is 461 g/mol. The molecule has 1 aliphatic rings. The van der Waals surface area contributed by atoms with Gasteiger partial charge in [-0.15, -0.1) is 0 Å². The number of aryl methyl sites for hydroxylation is 1. The van der Waals surface area contributed by atoms with Gasteiger partial charge in [0, 0.05) is 30.4 Å². The zero-order valence-electron chi connectivity index (χ0n) is 17.7. The van der Waals surface area contributed by atoms with Crippen molar-refractivity contribution in [1.82, 2.24) is 4.31 Å². The Kier molecular flexibility index (Phi) is 7.76. The molecule has 1 heterocycles. The van der Waals surface area contributed by atoms with E-state index in [4.69, 9.17) is 4.74 Å². The Morgan fingerprint density at radius 1 is 1.12 bits per heavy atom. The number of ether oxygens (including phenoxy) is 1. The lowest BCUT2D eigenvalue weighted by atomic mass is 10.2. The molecule has 7 nitrogen and oxygen atoms in total. The minimum Gasteiger partial charge on any atom is -0.452 e. The Labute approximate surface area is 186 Å². The van der Waals surface area contributed by atoms with E-state index in [1.807, 2.05) is 0 Å². The largest absolute Gasteiger partial charge is 0.452 e. The molecule has 170 valence electrons. The standard InChI is InChI=1S/C23H25FN2O5S/c1-17-9-11-19(15-21(17)32(29,30)26-13-5-2-6-14-26)25-22(27)16-31-23(28)12-10-18-7-3-4-8-20(18)24/h3-4,7-12,15H,2,5-6,13-14,16H2,1H3,(H,25,27). The third kappa shape index (κ3) is 6.02. The van der Waals surface area contributed by atoms with Crippen molar-refractivity contribution in [1.29, 1.82) is 0 Å². The van der Waals surface area contributed by atoms with Gasteiger partial charge in [-0.25, -0.2) is 17.6 Å². The molecule has 3 rings (SSSR count). The van der Waals surface area contributed by atoms with E-state index in [2.05, 4.69) is 5.32 Å². The van der Waals surface area contributed by atoms with Crippen LogP contribution in [-0.2, 0) is 24.3 Å². The summed E-state index contributed by atoms with van der Waals surface area (Å²) in [7, 11) is -3.66. The highest BCUT2D eigenvalue weighted by molar-refractivity contribution is 7.89. The number of rotatable bonds is 7. The Morgan fingerprint density at radius 3 is 2.56 bits per heavy atom. The van der Waals surface area contributed by atoms with Crippen molar-refractivity contribution in [3.8, 4) is 0 Å². The zero-order chi connectivity index (χ0) is 23.1. The van der Waals surface area contributed by atoms with Gasteiger partial charge in [0.15, 0.2) is 6.61 Å². The highest BCUT2D eigenvalue weighted by atomic mass is 32.2. The Hall–Kier alpha value is -3.04. The first-order valence-corrected chi connectivity index (χ1v) is 11.7. The number of nitrogens with zero attached hydrogens (tertiary/aromatic N) is 1. The van der Waals surface area contributed by atoms with E-state index >= 15 is 0 Å². The minimum absolute atomic E-state index is 0.141. The molecular formula is C23H25FN2O5S. The summed E-state index contributed by atoms with van der Waals surface area (Å²) < 4.78 is 45.8. The number of sulfonamides is 1. The number of hydrogen-bond acceptors (Lipinski definition) is 5. The smallest absolute Gasteiger partial charge is 0.331 e. The van der Waals surface area contributed by atoms with Gasteiger partial charge in [0.05, 0.1) is 4.90 Å². The first-order valence-electron chi connectivity index (χ1n) is 10.3. The highest BCUT2D eigenvalue weighted by Crippen LogP contribution is 2.26. The van der Waals surface area contributed by atoms with Crippen LogP contribution in [0.25, 0.3) is 6.08 Å². The van der Waals surface area contributed by atoms with Crippen LogP contribution in [-0.4, -0.2) is 44.3 Å². The number of benzene rings is 2. The van der Waals surface area contributed by atoms with E-state index in [1.165, 1.54) is 34.6 Å². The van der Waals surface area contributed by atoms with E-state index in [0.717, 1.165) is 25.3 Å². The van der Waals surface area contributed by atoms with Gasteiger partial charge in [-0.1, -0.05) is 30.7 Å². The summed E-state index contributed by atoms with van der Waals surface area (Å²) in [4.78, 5) is 24.1. The van der Waals surface area contributed by atoms with Crippen LogP contribution >= 0.6 is 0 Å². The maximum Gasteiger partial charge on any atom is 0.331 e. The van der Waals surface area contributed by atoms with Gasteiger partial charge in [-0.2, -0.15) is 4.31 Å². The predicted octanol–water partition coefficient (Wildman–Crippen LogP) is 3.50. The highest BCUT2D eigenvalue weighted by Gasteiger charge is 2.27. The molecule has 2 aromatic carbocycles. The van der Waals surface area contributed by atoms with Crippen molar-refractivity contribution in [3.63, 3.8) is 0 Å². The molecule has 9 heteroatoms. The first kappa shape index (κ1) is 23.6. The van der Waals surface area contributed by atoms with Crippen LogP contribution in [0, 0.1) is 12.7 Å². The molecule has 0 saturated carbocycles. The lowest BCUT2D eigenvalue weighted by molar-refractivity contribution is -0.142. The average Bonchev–Trinajstić information content (AvgIpc) is 2.79. The monoisotopic (exact) mass is 460 g/mol. The number of anilines is 1. The summed E-state index contributed by atoms with van der Waals surface area (Å²) in [6.07, 6.45) is 4.94. The molecule has 0 spiro atoms. The third-order valence-electron chi connectivity index (χ3n) is 5.05. The van der Waals surface area contributed by atoms with E-state index in [-0.39, 0.29) is 16.1 Å². The SMILES string of the molecule is Cc1ccc(NC(=O)COC(=O)C=Cc2ccccc2F)cc1S(=O)(=O)N1CCCCC1. The lowest BCUT2D eigenvalue weighted by Crippen LogP contribution is -2.36. The van der Waals surface area contributed by atoms with Crippen molar-refractivity contribution < 1.29 is 27.1 Å². The van der Waals surface area contributed by atoms with E-state index in [9.17, 15) is 22.4 Å². The third-order valence-corrected chi connectivity index (χ3v) is 7.10. The van der Waals surface area contributed by atoms with E-state index in [1.54, 1.807) is 25.1 Å². The zero-order valence-corrected chi connectivity index (χ0v) is 18.5. The summed E-state index contributed by atoms with van der Waals surface area (Å²) in [5, 5.41) is 2.54. The fourth-order valence-corrected chi connectivity index (χ4v) is 5.12. The fourth-order valence-electron chi connectivity index (χ4n) is 3.35. The van der Waals surface area contributed by atoms with Crippen molar-refractivity contribution in [2.75, 3.05) is 25.0 Å². The van der Waals surface area contributed by atoms with Crippen LogP contribution in [0.15, 0.2) is 53.4 Å². The fraction of sp³-hybridized carbons (Fsp3) is 0.304. The number of carbonyl (C=O) groups excluding carboxylic acids is 2. The first-order chi connectivity index (χ1) is 15.3. The van der Waals surface area contributed by atoms with Gasteiger partial charge in [0.2, 0.25) is 10.0 Å². The van der Waals surface area contributed by atoms with Gasteiger partial charge < -0.3 is 10.1 Å². The molecule has 1 N–H and O–H groups in total. The number of piperidine rings is 1. The van der Waals surface area contributed by atoms with Crippen molar-refractivity contribution in [3.05, 3.63) is 65.5 Å². The van der Waals surface area contributed by atoms with Gasteiger partial charge in [0.1, 0.15) is 5.82 Å². The Morgan fingerprint density at radius 2 is 1.84 bits per heavy atom. The number of hydrogen-bond donors (Lipinski definition) is 1. The number of esters is 1. The maximum atomic E-state index is 13.5. The molecular weight excluding hydrogens is 435 g/mol. The molecule has 0 unspecified atom stereocenters. The molecule has 0 aromatic heterocycles. The van der Waals surface area contributed by atoms with E-state index < -0.39 is 34.3 Å². The molecule has 1 saturated heterocycles.